The van der Waals surface area contributed by atoms with Gasteiger partial charge in [-0.15, -0.1) is 0 Å². The smallest absolute Gasteiger partial charge is 0.0608 e. The average Bonchev–Trinajstić information content (AvgIpc) is 3.87. The van der Waals surface area contributed by atoms with Crippen molar-refractivity contribution >= 4 is 104 Å². The molecule has 0 fully saturated rings. The van der Waals surface area contributed by atoms with Crippen LogP contribution in [0.1, 0.15) is 0 Å². The van der Waals surface area contributed by atoms with Crippen LogP contribution in [0.15, 0.2) is 289 Å². The van der Waals surface area contributed by atoms with Gasteiger partial charge in [-0.25, -0.2) is 0 Å². The van der Waals surface area contributed by atoms with E-state index in [9.17, 15) is 0 Å². The van der Waals surface area contributed by atoms with Crippen LogP contribution in [-0.4, -0.2) is 4.57 Å². The van der Waals surface area contributed by atoms with Gasteiger partial charge in [0.1, 0.15) is 0 Å². The number of hydrogen-bond acceptors (Lipinski definition) is 2. The molecule has 15 aromatic rings. The molecule has 0 saturated carbocycles. The fourth-order valence-electron chi connectivity index (χ4n) is 12.4. The van der Waals surface area contributed by atoms with E-state index in [4.69, 9.17) is 0 Å². The van der Waals surface area contributed by atoms with Gasteiger partial charge < -0.3 is 9.47 Å². The Morgan fingerprint density at radius 1 is 0.234 bits per heavy atom. The van der Waals surface area contributed by atoms with Crippen molar-refractivity contribution in [3.63, 3.8) is 0 Å². The van der Waals surface area contributed by atoms with E-state index in [0.29, 0.717) is 0 Å². The maximum atomic E-state index is 2.52. The molecule has 2 nitrogen and oxygen atoms in total. The number of aromatic nitrogens is 1. The van der Waals surface area contributed by atoms with Gasteiger partial charge in [0.15, 0.2) is 0 Å². The summed E-state index contributed by atoms with van der Waals surface area (Å²) >= 11 is 1.86. The molecule has 77 heavy (non-hydrogen) atoms. The summed E-state index contributed by atoms with van der Waals surface area (Å²) < 4.78 is 2.49. The molecule has 0 bridgehead atoms. The van der Waals surface area contributed by atoms with E-state index >= 15 is 0 Å². The van der Waals surface area contributed by atoms with E-state index in [2.05, 4.69) is 289 Å². The zero-order valence-corrected chi connectivity index (χ0v) is 42.7. The largest absolute Gasteiger partial charge is 0.309 e. The Kier molecular flexibility index (Phi) is 9.91. The molecule has 1 aromatic heterocycles. The second-order valence-electron chi connectivity index (χ2n) is 20.4. The minimum Gasteiger partial charge on any atom is -0.309 e. The van der Waals surface area contributed by atoms with Crippen molar-refractivity contribution in [2.45, 2.75) is 9.79 Å². The summed E-state index contributed by atoms with van der Waals surface area (Å²) in [6.45, 7) is 0. The minimum absolute atomic E-state index is 1.12. The zero-order chi connectivity index (χ0) is 50.6. The molecule has 1 aliphatic heterocycles. The van der Waals surface area contributed by atoms with Crippen LogP contribution in [0.3, 0.4) is 0 Å². The molecule has 3 heteroatoms. The third-order valence-electron chi connectivity index (χ3n) is 16.1. The first-order chi connectivity index (χ1) is 38.1. The highest BCUT2D eigenvalue weighted by Crippen LogP contribution is 2.54. The lowest BCUT2D eigenvalue weighted by atomic mass is 9.92. The molecule has 1 aliphatic rings. The average molecular weight is 995 g/mol. The van der Waals surface area contributed by atoms with E-state index in [-0.39, 0.29) is 0 Å². The molecule has 358 valence electrons. The molecule has 14 aromatic carbocycles. The van der Waals surface area contributed by atoms with Crippen molar-refractivity contribution in [3.05, 3.63) is 279 Å². The maximum Gasteiger partial charge on any atom is 0.0608 e. The highest BCUT2D eigenvalue weighted by atomic mass is 32.2. The normalized spacial score (nSPS) is 12.3. The number of hydrogen-bond donors (Lipinski definition) is 0. The van der Waals surface area contributed by atoms with E-state index < -0.39 is 0 Å². The van der Waals surface area contributed by atoms with Crippen LogP contribution in [0.4, 0.5) is 17.1 Å². The zero-order valence-electron chi connectivity index (χ0n) is 41.9. The topological polar surface area (TPSA) is 8.17 Å². The number of fused-ring (bicyclic) bond motifs is 14. The van der Waals surface area contributed by atoms with E-state index in [1.165, 1.54) is 141 Å². The van der Waals surface area contributed by atoms with Crippen LogP contribution < -0.4 is 4.90 Å². The summed E-state index contributed by atoms with van der Waals surface area (Å²) in [5, 5.41) is 15.0. The third-order valence-corrected chi connectivity index (χ3v) is 17.2. The monoisotopic (exact) mass is 994 g/mol. The van der Waals surface area contributed by atoms with Crippen LogP contribution in [0.25, 0.3) is 126 Å². The number of benzene rings is 14. The van der Waals surface area contributed by atoms with Crippen molar-refractivity contribution in [2.24, 2.45) is 0 Å². The minimum atomic E-state index is 1.12. The van der Waals surface area contributed by atoms with Gasteiger partial charge in [0, 0.05) is 31.9 Å². The van der Waals surface area contributed by atoms with Gasteiger partial charge in [-0.3, -0.25) is 0 Å². The Hall–Kier alpha value is -9.67. The molecule has 0 aliphatic carbocycles. The van der Waals surface area contributed by atoms with Gasteiger partial charge >= 0.3 is 0 Å². The lowest BCUT2D eigenvalue weighted by Gasteiger charge is -2.34. The van der Waals surface area contributed by atoms with Crippen molar-refractivity contribution in [2.75, 3.05) is 4.90 Å². The van der Waals surface area contributed by atoms with Crippen LogP contribution in [-0.2, 0) is 0 Å². The summed E-state index contributed by atoms with van der Waals surface area (Å²) in [4.78, 5) is 4.98. The van der Waals surface area contributed by atoms with Crippen LogP contribution in [0, 0.1) is 0 Å². The molecule has 0 N–H and O–H groups in total. The summed E-state index contributed by atoms with van der Waals surface area (Å²) in [6, 6.07) is 104. The van der Waals surface area contributed by atoms with Crippen molar-refractivity contribution in [1.29, 1.82) is 0 Å². The SMILES string of the molecule is c1ccc(-c2cc(-c3ccccc3)cc(N3c4cc(-c5ccc6c(c5)c5c7ccccc7ccc5n6-c5ccc6c7ccc(-c8ccccc8)cc7c7ccccc7c6c5)ccc4Sc4cc5ccccc5cc43)c2)cc1. The maximum absolute atomic E-state index is 2.52. The fraction of sp³-hybridized carbons (Fsp3) is 0. The molecular weight excluding hydrogens is 949 g/mol. The Balaban J connectivity index is 0.889. The molecule has 16 rings (SSSR count). The Morgan fingerprint density at radius 2 is 0.727 bits per heavy atom. The van der Waals surface area contributed by atoms with Crippen molar-refractivity contribution in [3.8, 4) is 50.2 Å². The first-order valence-corrected chi connectivity index (χ1v) is 27.3. The number of nitrogens with zero attached hydrogens (tertiary/aromatic N) is 2. The summed E-state index contributed by atoms with van der Waals surface area (Å²) in [7, 11) is 0. The second kappa shape index (κ2) is 17.5. The van der Waals surface area contributed by atoms with Gasteiger partial charge in [0.25, 0.3) is 0 Å². The predicted molar refractivity (Wildman–Crippen MR) is 329 cm³/mol. The summed E-state index contributed by atoms with van der Waals surface area (Å²) in [5.41, 5.74) is 16.5. The quantitative estimate of drug-likeness (QED) is 0.153. The Morgan fingerprint density at radius 3 is 1.43 bits per heavy atom. The van der Waals surface area contributed by atoms with Crippen molar-refractivity contribution in [1.82, 2.24) is 4.57 Å². The predicted octanol–water partition coefficient (Wildman–Crippen LogP) is 21.2. The van der Waals surface area contributed by atoms with E-state index in [1.54, 1.807) is 0 Å². The van der Waals surface area contributed by atoms with Gasteiger partial charge in [0.05, 0.1) is 22.4 Å². The molecule has 0 unspecified atom stereocenters. The summed E-state index contributed by atoms with van der Waals surface area (Å²) in [5.74, 6) is 0. The second-order valence-corrected chi connectivity index (χ2v) is 21.5. The van der Waals surface area contributed by atoms with Crippen molar-refractivity contribution < 1.29 is 0 Å². The molecule has 0 radical (unpaired) electrons. The molecule has 0 atom stereocenters. The Labute approximate surface area is 450 Å². The Bertz CT molecular complexity index is 4810. The highest BCUT2D eigenvalue weighted by molar-refractivity contribution is 7.99. The highest BCUT2D eigenvalue weighted by Gasteiger charge is 2.28. The standard InChI is InChI=1S/C74H46N2S/c1-4-16-47(17-5-1)53-28-33-63-64-34-32-58(46-66(64)62-27-15-14-26-61(62)65(63)41-53)75-68-35-30-54(42-67(68)74-60-25-13-12-22-50(60)29-36-69(74)75)55-31-37-72-70(44-55)76(71-43-51-23-10-11-24-52(51)45-73(71)77-72)59-39-56(48-18-6-2-7-19-48)38-57(40-59)49-20-8-3-9-21-49/h1-46H. The molecular formula is C74H46N2S. The van der Waals surface area contributed by atoms with Crippen LogP contribution in [0.2, 0.25) is 0 Å². The molecule has 2 heterocycles. The number of anilines is 3. The molecule has 0 saturated heterocycles. The van der Waals surface area contributed by atoms with Crippen LogP contribution >= 0.6 is 11.8 Å². The number of rotatable bonds is 6. The first kappa shape index (κ1) is 43.7. The summed E-state index contributed by atoms with van der Waals surface area (Å²) in [6.07, 6.45) is 0. The first-order valence-electron chi connectivity index (χ1n) is 26.5. The van der Waals surface area contributed by atoms with Gasteiger partial charge in [-0.05, 0) is 177 Å². The fourth-order valence-corrected chi connectivity index (χ4v) is 13.5. The van der Waals surface area contributed by atoms with Gasteiger partial charge in [0.2, 0.25) is 0 Å². The molecule has 0 spiro atoms. The molecule has 0 amide bonds. The lowest BCUT2D eigenvalue weighted by molar-refractivity contribution is 1.17. The van der Waals surface area contributed by atoms with Crippen LogP contribution in [0.5, 0.6) is 0 Å². The lowest BCUT2D eigenvalue weighted by Crippen LogP contribution is -2.15. The van der Waals surface area contributed by atoms with E-state index in [1.807, 2.05) is 11.8 Å². The third kappa shape index (κ3) is 7.12. The van der Waals surface area contributed by atoms with Gasteiger partial charge in [-0.2, -0.15) is 0 Å². The van der Waals surface area contributed by atoms with E-state index in [0.717, 1.165) is 11.4 Å². The van der Waals surface area contributed by atoms with Gasteiger partial charge in [-0.1, -0.05) is 212 Å².